The van der Waals surface area contributed by atoms with E-state index in [0.29, 0.717) is 6.54 Å². The van der Waals surface area contributed by atoms with Gasteiger partial charge in [0.15, 0.2) is 0 Å². The number of carbonyl (C=O) groups excluding carboxylic acids is 1. The standard InChI is InChI=1S/C15H25N3OS.2ClH/c1-4-11-9-17-13(20-11)10-18(3)14(19)12-7-5-6-8-15(12,2)16;;/h9,12H,4-8,10,16H2,1-3H3;2*1H. The SMILES string of the molecule is CCc1cnc(CN(C)C(=O)C2CCCCC2(C)N)s1.Cl.Cl. The van der Waals surface area contributed by atoms with E-state index in [2.05, 4.69) is 11.9 Å². The molecule has 0 radical (unpaired) electrons. The van der Waals surface area contributed by atoms with Crippen molar-refractivity contribution in [3.63, 3.8) is 0 Å². The third-order valence-electron chi connectivity index (χ3n) is 4.25. The summed E-state index contributed by atoms with van der Waals surface area (Å²) in [6.07, 6.45) is 6.99. The van der Waals surface area contributed by atoms with Crippen molar-refractivity contribution in [3.8, 4) is 0 Å². The summed E-state index contributed by atoms with van der Waals surface area (Å²) in [5.74, 6) is 0.120. The molecule has 22 heavy (non-hydrogen) atoms. The van der Waals surface area contributed by atoms with E-state index in [-0.39, 0.29) is 42.2 Å². The highest BCUT2D eigenvalue weighted by molar-refractivity contribution is 7.11. The summed E-state index contributed by atoms with van der Waals surface area (Å²) in [6, 6.07) is 0. The van der Waals surface area contributed by atoms with Gasteiger partial charge in [0, 0.05) is 23.7 Å². The van der Waals surface area contributed by atoms with Crippen LogP contribution in [0.1, 0.15) is 49.4 Å². The Kier molecular flexibility index (Phi) is 8.91. The second-order valence-electron chi connectivity index (χ2n) is 6.07. The molecule has 0 spiro atoms. The number of hydrogen-bond donors (Lipinski definition) is 1. The fourth-order valence-electron chi connectivity index (χ4n) is 2.90. The summed E-state index contributed by atoms with van der Waals surface area (Å²) in [5.41, 5.74) is 5.96. The number of thiazole rings is 1. The molecule has 0 bridgehead atoms. The van der Waals surface area contributed by atoms with Gasteiger partial charge in [-0.15, -0.1) is 36.2 Å². The van der Waals surface area contributed by atoms with Crippen LogP contribution in [0.25, 0.3) is 0 Å². The van der Waals surface area contributed by atoms with Gasteiger partial charge in [0.1, 0.15) is 5.01 Å². The molecule has 1 fully saturated rings. The van der Waals surface area contributed by atoms with Crippen LogP contribution in [-0.4, -0.2) is 28.4 Å². The summed E-state index contributed by atoms with van der Waals surface area (Å²) in [4.78, 5) is 20.1. The van der Waals surface area contributed by atoms with Crippen molar-refractivity contribution in [2.24, 2.45) is 11.7 Å². The van der Waals surface area contributed by atoms with Gasteiger partial charge in [-0.3, -0.25) is 4.79 Å². The lowest BCUT2D eigenvalue weighted by molar-refractivity contribution is -0.138. The Morgan fingerprint density at radius 1 is 1.50 bits per heavy atom. The first-order valence-electron chi connectivity index (χ1n) is 7.41. The van der Waals surface area contributed by atoms with Crippen LogP contribution in [0.4, 0.5) is 0 Å². The zero-order valence-corrected chi connectivity index (χ0v) is 16.0. The van der Waals surface area contributed by atoms with E-state index in [0.717, 1.165) is 37.1 Å². The largest absolute Gasteiger partial charge is 0.339 e. The molecule has 1 aromatic rings. The maximum absolute atomic E-state index is 12.6. The highest BCUT2D eigenvalue weighted by Crippen LogP contribution is 2.33. The average Bonchev–Trinajstić information content (AvgIpc) is 2.85. The molecule has 0 aromatic carbocycles. The summed E-state index contributed by atoms with van der Waals surface area (Å²) in [7, 11) is 1.86. The predicted molar refractivity (Wildman–Crippen MR) is 97.0 cm³/mol. The number of carbonyl (C=O) groups is 1. The van der Waals surface area contributed by atoms with Crippen LogP contribution in [0, 0.1) is 5.92 Å². The second kappa shape index (κ2) is 9.06. The molecular weight excluding hydrogens is 341 g/mol. The van der Waals surface area contributed by atoms with Crippen LogP contribution in [0.5, 0.6) is 0 Å². The lowest BCUT2D eigenvalue weighted by Crippen LogP contribution is -2.53. The number of aromatic nitrogens is 1. The van der Waals surface area contributed by atoms with Gasteiger partial charge in [0.2, 0.25) is 5.91 Å². The Balaban J connectivity index is 0.00000220. The van der Waals surface area contributed by atoms with Crippen molar-refractivity contribution in [1.29, 1.82) is 0 Å². The predicted octanol–water partition coefficient (Wildman–Crippen LogP) is 3.42. The number of halogens is 2. The van der Waals surface area contributed by atoms with Crippen molar-refractivity contribution < 1.29 is 4.79 Å². The highest BCUT2D eigenvalue weighted by Gasteiger charge is 2.39. The normalized spacial score (nSPS) is 24.1. The van der Waals surface area contributed by atoms with Crippen LogP contribution >= 0.6 is 36.2 Å². The van der Waals surface area contributed by atoms with E-state index in [1.165, 1.54) is 4.88 Å². The average molecular weight is 368 g/mol. The molecule has 1 heterocycles. The minimum absolute atomic E-state index is 0. The molecule has 1 amide bonds. The fraction of sp³-hybridized carbons (Fsp3) is 0.733. The van der Waals surface area contributed by atoms with E-state index in [1.54, 1.807) is 16.2 Å². The first-order valence-corrected chi connectivity index (χ1v) is 8.23. The van der Waals surface area contributed by atoms with Gasteiger partial charge >= 0.3 is 0 Å². The molecule has 1 saturated carbocycles. The van der Waals surface area contributed by atoms with Crippen molar-refractivity contribution in [1.82, 2.24) is 9.88 Å². The van der Waals surface area contributed by atoms with Gasteiger partial charge in [0.05, 0.1) is 12.5 Å². The van der Waals surface area contributed by atoms with Gasteiger partial charge in [-0.05, 0) is 26.2 Å². The topological polar surface area (TPSA) is 59.2 Å². The number of rotatable bonds is 4. The smallest absolute Gasteiger partial charge is 0.227 e. The molecule has 2 atom stereocenters. The Morgan fingerprint density at radius 2 is 2.18 bits per heavy atom. The molecule has 2 unspecified atom stereocenters. The van der Waals surface area contributed by atoms with Crippen molar-refractivity contribution in [2.75, 3.05) is 7.05 Å². The molecule has 0 saturated heterocycles. The number of amides is 1. The number of nitrogens with two attached hydrogens (primary N) is 1. The quantitative estimate of drug-likeness (QED) is 0.886. The molecule has 0 aliphatic heterocycles. The third-order valence-corrected chi connectivity index (χ3v) is 5.38. The van der Waals surface area contributed by atoms with E-state index in [1.807, 2.05) is 20.2 Å². The molecule has 1 aliphatic rings. The van der Waals surface area contributed by atoms with E-state index < -0.39 is 0 Å². The molecule has 128 valence electrons. The van der Waals surface area contributed by atoms with E-state index in [4.69, 9.17) is 5.73 Å². The number of aryl methyl sites for hydroxylation is 1. The third kappa shape index (κ3) is 5.08. The zero-order chi connectivity index (χ0) is 14.8. The van der Waals surface area contributed by atoms with Crippen LogP contribution in [0.3, 0.4) is 0 Å². The minimum Gasteiger partial charge on any atom is -0.339 e. The molecule has 4 nitrogen and oxygen atoms in total. The summed E-state index contributed by atoms with van der Waals surface area (Å²) >= 11 is 1.69. The first kappa shape index (κ1) is 21.6. The van der Waals surface area contributed by atoms with Crippen molar-refractivity contribution >= 4 is 42.1 Å². The van der Waals surface area contributed by atoms with Gasteiger partial charge in [-0.1, -0.05) is 19.8 Å². The molecule has 2 rings (SSSR count). The lowest BCUT2D eigenvalue weighted by Gasteiger charge is -2.39. The molecule has 2 N–H and O–H groups in total. The lowest BCUT2D eigenvalue weighted by atomic mass is 9.74. The van der Waals surface area contributed by atoms with Crippen LogP contribution < -0.4 is 5.73 Å². The van der Waals surface area contributed by atoms with Gasteiger partial charge in [-0.25, -0.2) is 4.98 Å². The Bertz CT molecular complexity index is 479. The van der Waals surface area contributed by atoms with E-state index in [9.17, 15) is 4.79 Å². The monoisotopic (exact) mass is 367 g/mol. The molecular formula is C15H27Cl2N3OS. The summed E-state index contributed by atoms with van der Waals surface area (Å²) < 4.78 is 0. The molecule has 7 heteroatoms. The minimum atomic E-state index is -0.360. The van der Waals surface area contributed by atoms with Crippen molar-refractivity contribution in [3.05, 3.63) is 16.1 Å². The first-order chi connectivity index (χ1) is 9.44. The molecule has 1 aliphatic carbocycles. The summed E-state index contributed by atoms with van der Waals surface area (Å²) in [5, 5.41) is 1.01. The number of nitrogens with zero attached hydrogens (tertiary/aromatic N) is 2. The van der Waals surface area contributed by atoms with Crippen LogP contribution in [0.15, 0.2) is 6.20 Å². The van der Waals surface area contributed by atoms with Gasteiger partial charge in [0.25, 0.3) is 0 Å². The number of hydrogen-bond acceptors (Lipinski definition) is 4. The maximum Gasteiger partial charge on any atom is 0.227 e. The van der Waals surface area contributed by atoms with Gasteiger partial charge < -0.3 is 10.6 Å². The Labute approximate surface area is 149 Å². The summed E-state index contributed by atoms with van der Waals surface area (Å²) in [6.45, 7) is 4.73. The second-order valence-corrected chi connectivity index (χ2v) is 7.27. The van der Waals surface area contributed by atoms with Crippen molar-refractivity contribution in [2.45, 2.75) is 58.0 Å². The highest BCUT2D eigenvalue weighted by atomic mass is 35.5. The Hall–Kier alpha value is -0.360. The molecule has 1 aromatic heterocycles. The Morgan fingerprint density at radius 3 is 2.73 bits per heavy atom. The van der Waals surface area contributed by atoms with E-state index >= 15 is 0 Å². The van der Waals surface area contributed by atoms with Crippen LogP contribution in [-0.2, 0) is 17.8 Å². The zero-order valence-electron chi connectivity index (χ0n) is 13.5. The van der Waals surface area contributed by atoms with Gasteiger partial charge in [-0.2, -0.15) is 0 Å². The fourth-order valence-corrected chi connectivity index (χ4v) is 3.81. The van der Waals surface area contributed by atoms with Crippen LogP contribution in [0.2, 0.25) is 0 Å². The maximum atomic E-state index is 12.6.